The zero-order chi connectivity index (χ0) is 23.0. The number of carbonyl (C=O) groups excluding carboxylic acids is 3. The number of hydrogen-bond donors (Lipinski definition) is 8. The number of hydrogen-bond acceptors (Lipinski definition) is 8. The molecule has 29 heavy (non-hydrogen) atoms. The highest BCUT2D eigenvalue weighted by Crippen LogP contribution is 2.06. The molecule has 0 heterocycles. The van der Waals surface area contributed by atoms with E-state index in [2.05, 4.69) is 16.0 Å². The second-order valence-corrected chi connectivity index (χ2v) is 7.29. The van der Waals surface area contributed by atoms with Gasteiger partial charge in [-0.2, -0.15) is 0 Å². The molecule has 0 saturated heterocycles. The summed E-state index contributed by atoms with van der Waals surface area (Å²) in [4.78, 5) is 48.1. The number of aliphatic hydroxyl groups excluding tert-OH is 3. The van der Waals surface area contributed by atoms with Crippen molar-refractivity contribution in [1.29, 1.82) is 0 Å². The second-order valence-electron chi connectivity index (χ2n) is 7.29. The zero-order valence-corrected chi connectivity index (χ0v) is 17.1. The molecule has 0 aliphatic carbocycles. The monoisotopic (exact) mass is 420 g/mol. The van der Waals surface area contributed by atoms with Gasteiger partial charge in [-0.25, -0.2) is 4.79 Å². The number of nitrogens with one attached hydrogen (secondary N) is 3. The Morgan fingerprint density at radius 1 is 0.655 bits per heavy atom. The second kappa shape index (κ2) is 11.7. The van der Waals surface area contributed by atoms with E-state index >= 15 is 0 Å². The molecule has 0 unspecified atom stereocenters. The topological polar surface area (TPSA) is 211 Å². The van der Waals surface area contributed by atoms with E-state index in [-0.39, 0.29) is 0 Å². The van der Waals surface area contributed by atoms with E-state index < -0.39 is 72.1 Å². The number of carboxylic acid groups (broad SMARTS) is 1. The van der Waals surface area contributed by atoms with Crippen molar-refractivity contribution in [3.8, 4) is 0 Å². The molecule has 0 aromatic rings. The van der Waals surface area contributed by atoms with E-state index in [1.54, 1.807) is 13.8 Å². The van der Waals surface area contributed by atoms with Crippen LogP contribution in [0.4, 0.5) is 0 Å². The lowest BCUT2D eigenvalue weighted by molar-refractivity contribution is -0.145. The number of nitrogens with two attached hydrogens (primary N) is 1. The van der Waals surface area contributed by atoms with E-state index in [1.165, 1.54) is 20.8 Å². The molecule has 0 aromatic heterocycles. The summed E-state index contributed by atoms with van der Waals surface area (Å²) in [6.45, 7) is 6.87. The number of carbonyl (C=O) groups is 4. The molecule has 0 fully saturated rings. The maximum atomic E-state index is 12.6. The molecular weight excluding hydrogens is 388 g/mol. The molecule has 0 radical (unpaired) electrons. The van der Waals surface area contributed by atoms with E-state index in [0.717, 1.165) is 0 Å². The van der Waals surface area contributed by atoms with Gasteiger partial charge < -0.3 is 42.1 Å². The number of carboxylic acids is 1. The first-order valence-electron chi connectivity index (χ1n) is 9.14. The quantitative estimate of drug-likeness (QED) is 0.167. The van der Waals surface area contributed by atoms with Crippen LogP contribution in [0, 0.1) is 5.92 Å². The predicted molar refractivity (Wildman–Crippen MR) is 101 cm³/mol. The summed E-state index contributed by atoms with van der Waals surface area (Å²) in [5.41, 5.74) is 5.50. The summed E-state index contributed by atoms with van der Waals surface area (Å²) >= 11 is 0. The molecule has 12 nitrogen and oxygen atoms in total. The van der Waals surface area contributed by atoms with Crippen LogP contribution in [0.15, 0.2) is 0 Å². The van der Waals surface area contributed by atoms with Gasteiger partial charge in [-0.3, -0.25) is 14.4 Å². The maximum absolute atomic E-state index is 12.6. The Bertz CT molecular complexity index is 594. The Morgan fingerprint density at radius 2 is 1.03 bits per heavy atom. The van der Waals surface area contributed by atoms with Crippen molar-refractivity contribution in [2.24, 2.45) is 11.7 Å². The van der Waals surface area contributed by atoms with Gasteiger partial charge in [0.15, 0.2) is 6.04 Å². The van der Waals surface area contributed by atoms with Crippen molar-refractivity contribution in [3.63, 3.8) is 0 Å². The number of aliphatic hydroxyl groups is 3. The average Bonchev–Trinajstić information content (AvgIpc) is 2.59. The van der Waals surface area contributed by atoms with E-state index in [1.807, 2.05) is 0 Å². The first kappa shape index (κ1) is 26.7. The number of amides is 3. The predicted octanol–water partition coefficient (Wildman–Crippen LogP) is -3.35. The molecule has 0 rings (SSSR count). The van der Waals surface area contributed by atoms with Crippen LogP contribution < -0.4 is 21.7 Å². The molecule has 0 aromatic carbocycles. The maximum Gasteiger partial charge on any atom is 0.328 e. The normalized spacial score (nSPS) is 18.6. The van der Waals surface area contributed by atoms with Crippen LogP contribution in [0.5, 0.6) is 0 Å². The highest BCUT2D eigenvalue weighted by atomic mass is 16.4. The summed E-state index contributed by atoms with van der Waals surface area (Å²) in [6, 6.07) is -5.62. The van der Waals surface area contributed by atoms with Gasteiger partial charge in [0.1, 0.15) is 18.1 Å². The summed E-state index contributed by atoms with van der Waals surface area (Å²) in [5, 5.41) is 44.5. The summed E-state index contributed by atoms with van der Waals surface area (Å²) in [6.07, 6.45) is -3.94. The zero-order valence-electron chi connectivity index (χ0n) is 17.1. The summed E-state index contributed by atoms with van der Waals surface area (Å²) in [7, 11) is 0. The molecule has 168 valence electrons. The highest BCUT2D eigenvalue weighted by molar-refractivity contribution is 5.94. The Labute approximate surface area is 168 Å². The third-order valence-electron chi connectivity index (χ3n) is 4.18. The van der Waals surface area contributed by atoms with Crippen molar-refractivity contribution in [2.45, 2.75) is 77.1 Å². The van der Waals surface area contributed by atoms with Gasteiger partial charge >= 0.3 is 5.97 Å². The minimum absolute atomic E-state index is 0.493. The largest absolute Gasteiger partial charge is 0.480 e. The fourth-order valence-corrected chi connectivity index (χ4v) is 2.28. The van der Waals surface area contributed by atoms with Crippen LogP contribution in [0.1, 0.15) is 34.6 Å². The van der Waals surface area contributed by atoms with Gasteiger partial charge in [0.25, 0.3) is 0 Å². The van der Waals surface area contributed by atoms with E-state index in [9.17, 15) is 34.5 Å². The third-order valence-corrected chi connectivity index (χ3v) is 4.18. The van der Waals surface area contributed by atoms with Crippen molar-refractivity contribution in [3.05, 3.63) is 0 Å². The molecule has 0 bridgehead atoms. The molecule has 9 N–H and O–H groups in total. The van der Waals surface area contributed by atoms with Crippen molar-refractivity contribution >= 4 is 23.7 Å². The Hall–Kier alpha value is -2.28. The van der Waals surface area contributed by atoms with Gasteiger partial charge in [0.2, 0.25) is 17.7 Å². The minimum atomic E-state index is -1.59. The minimum Gasteiger partial charge on any atom is -0.480 e. The number of rotatable bonds is 11. The lowest BCUT2D eigenvalue weighted by Gasteiger charge is -2.28. The molecule has 0 spiro atoms. The fourth-order valence-electron chi connectivity index (χ4n) is 2.28. The molecule has 12 heteroatoms. The van der Waals surface area contributed by atoms with Gasteiger partial charge in [-0.1, -0.05) is 13.8 Å². The van der Waals surface area contributed by atoms with Gasteiger partial charge in [-0.05, 0) is 26.7 Å². The Kier molecular flexibility index (Phi) is 10.7. The van der Waals surface area contributed by atoms with E-state index in [4.69, 9.17) is 10.8 Å². The molecule has 0 aliphatic rings. The van der Waals surface area contributed by atoms with Crippen LogP contribution in [-0.2, 0) is 19.2 Å². The molecular formula is C17H32N4O8. The number of aliphatic carboxylic acids is 1. The Balaban J connectivity index is 5.37. The van der Waals surface area contributed by atoms with Gasteiger partial charge in [0.05, 0.1) is 18.3 Å². The van der Waals surface area contributed by atoms with Crippen LogP contribution in [0.25, 0.3) is 0 Å². The molecule has 7 atom stereocenters. The van der Waals surface area contributed by atoms with Crippen molar-refractivity contribution in [1.82, 2.24) is 16.0 Å². The van der Waals surface area contributed by atoms with Gasteiger partial charge in [-0.15, -0.1) is 0 Å². The first-order valence-corrected chi connectivity index (χ1v) is 9.14. The smallest absolute Gasteiger partial charge is 0.328 e. The lowest BCUT2D eigenvalue weighted by Crippen LogP contribution is -2.62. The fraction of sp³-hybridized carbons (Fsp3) is 0.765. The van der Waals surface area contributed by atoms with Crippen molar-refractivity contribution < 1.29 is 39.6 Å². The highest BCUT2D eigenvalue weighted by Gasteiger charge is 2.34. The first-order chi connectivity index (χ1) is 13.2. The third kappa shape index (κ3) is 8.31. The standard InChI is InChI=1S/C17H32N4O8/c1-6(2)11(15(26)21-13(9(5)24)17(28)29)19-16(27)12(8(4)23)20-14(25)10(18)7(3)22/h6-13,22-24H,18H2,1-5H3,(H,19,27)(H,20,25)(H,21,26)(H,28,29)/t7-,8-,9-,10+,11+,12+,13+/m1/s1. The molecule has 3 amide bonds. The average molecular weight is 420 g/mol. The molecule has 0 saturated carbocycles. The van der Waals surface area contributed by atoms with Crippen molar-refractivity contribution in [2.75, 3.05) is 0 Å². The summed E-state index contributed by atoms with van der Waals surface area (Å²) < 4.78 is 0. The van der Waals surface area contributed by atoms with Gasteiger partial charge in [0, 0.05) is 0 Å². The lowest BCUT2D eigenvalue weighted by atomic mass is 10.0. The molecule has 0 aliphatic heterocycles. The van der Waals surface area contributed by atoms with Crippen LogP contribution >= 0.6 is 0 Å². The summed E-state index contributed by atoms with van der Waals surface area (Å²) in [5.74, 6) is -4.61. The van der Waals surface area contributed by atoms with E-state index in [0.29, 0.717) is 0 Å². The van der Waals surface area contributed by atoms with Crippen LogP contribution in [0.3, 0.4) is 0 Å². The Morgan fingerprint density at radius 3 is 1.38 bits per heavy atom. The SMILES string of the molecule is CC(C)[C@H](NC(=O)[C@@H](NC(=O)[C@@H](N)[C@@H](C)O)[C@@H](C)O)C(=O)N[C@H](C(=O)O)[C@@H](C)O. The van der Waals surface area contributed by atoms with Crippen LogP contribution in [0.2, 0.25) is 0 Å². The van der Waals surface area contributed by atoms with Crippen LogP contribution in [-0.4, -0.2) is 86.6 Å².